The van der Waals surface area contributed by atoms with Crippen LogP contribution >= 0.6 is 0 Å². The zero-order chi connectivity index (χ0) is 13.5. The van der Waals surface area contributed by atoms with Crippen LogP contribution < -0.4 is 9.47 Å². The molecule has 0 amide bonds. The van der Waals surface area contributed by atoms with Crippen LogP contribution in [0.3, 0.4) is 0 Å². The van der Waals surface area contributed by atoms with Crippen molar-refractivity contribution in [1.82, 2.24) is 0 Å². The minimum Gasteiger partial charge on any atom is -0.454 e. The molecule has 0 bridgehead atoms. The molecule has 0 saturated heterocycles. The van der Waals surface area contributed by atoms with Crippen LogP contribution in [0.25, 0.3) is 11.1 Å². The van der Waals surface area contributed by atoms with E-state index in [1.165, 1.54) is 6.26 Å². The van der Waals surface area contributed by atoms with Crippen LogP contribution in [0.1, 0.15) is 0 Å². The Hall–Kier alpha value is -2.01. The van der Waals surface area contributed by atoms with Crippen molar-refractivity contribution in [3.63, 3.8) is 0 Å². The standard InChI is InChI=1S/C14H12O4S/c1-19(15,16)12-4-2-3-10(7-12)11-5-6-13-14(8-11)18-9-17-13/h2-8H,9H2,1H3. The summed E-state index contributed by atoms with van der Waals surface area (Å²) in [5.41, 5.74) is 1.73. The third-order valence-electron chi connectivity index (χ3n) is 2.97. The summed E-state index contributed by atoms with van der Waals surface area (Å²) in [7, 11) is -3.20. The summed E-state index contributed by atoms with van der Waals surface area (Å²) >= 11 is 0. The summed E-state index contributed by atoms with van der Waals surface area (Å²) in [6.45, 7) is 0.224. The highest BCUT2D eigenvalue weighted by Gasteiger charge is 2.14. The minimum absolute atomic E-state index is 0.224. The molecule has 0 saturated carbocycles. The first-order valence-electron chi connectivity index (χ1n) is 5.74. The fraction of sp³-hybridized carbons (Fsp3) is 0.143. The van der Waals surface area contributed by atoms with Crippen molar-refractivity contribution in [1.29, 1.82) is 0 Å². The largest absolute Gasteiger partial charge is 0.454 e. The minimum atomic E-state index is -3.20. The van der Waals surface area contributed by atoms with Crippen LogP contribution in [0.4, 0.5) is 0 Å². The van der Waals surface area contributed by atoms with E-state index < -0.39 is 9.84 Å². The fourth-order valence-electron chi connectivity index (χ4n) is 1.98. The number of fused-ring (bicyclic) bond motifs is 1. The van der Waals surface area contributed by atoms with Gasteiger partial charge in [-0.3, -0.25) is 0 Å². The van der Waals surface area contributed by atoms with Gasteiger partial charge < -0.3 is 9.47 Å². The van der Waals surface area contributed by atoms with Crippen molar-refractivity contribution in [2.24, 2.45) is 0 Å². The second kappa shape index (κ2) is 4.28. The topological polar surface area (TPSA) is 52.6 Å². The van der Waals surface area contributed by atoms with Gasteiger partial charge in [0, 0.05) is 6.26 Å². The second-order valence-electron chi connectivity index (χ2n) is 4.37. The zero-order valence-electron chi connectivity index (χ0n) is 10.3. The summed E-state index contributed by atoms with van der Waals surface area (Å²) in [6.07, 6.45) is 1.20. The van der Waals surface area contributed by atoms with Crippen molar-refractivity contribution in [3.05, 3.63) is 42.5 Å². The lowest BCUT2D eigenvalue weighted by molar-refractivity contribution is 0.174. The van der Waals surface area contributed by atoms with Crippen LogP contribution in [0.15, 0.2) is 47.4 Å². The van der Waals surface area contributed by atoms with Gasteiger partial charge in [0.2, 0.25) is 6.79 Å². The molecule has 2 aromatic rings. The van der Waals surface area contributed by atoms with Crippen molar-refractivity contribution < 1.29 is 17.9 Å². The van der Waals surface area contributed by atoms with E-state index in [-0.39, 0.29) is 6.79 Å². The Morgan fingerprint density at radius 1 is 0.947 bits per heavy atom. The molecule has 98 valence electrons. The van der Waals surface area contributed by atoms with E-state index in [1.54, 1.807) is 18.2 Å². The molecule has 0 unspecified atom stereocenters. The first-order valence-corrected chi connectivity index (χ1v) is 7.63. The summed E-state index contributed by atoms with van der Waals surface area (Å²) in [5.74, 6) is 1.39. The normalized spacial score (nSPS) is 13.5. The number of sulfone groups is 1. The molecule has 0 N–H and O–H groups in total. The average Bonchev–Trinajstić information content (AvgIpc) is 2.85. The predicted octanol–water partition coefficient (Wildman–Crippen LogP) is 2.49. The van der Waals surface area contributed by atoms with Crippen molar-refractivity contribution in [2.75, 3.05) is 13.0 Å². The molecule has 0 fully saturated rings. The summed E-state index contributed by atoms with van der Waals surface area (Å²) in [6, 6.07) is 12.4. The highest BCUT2D eigenvalue weighted by atomic mass is 32.2. The van der Waals surface area contributed by atoms with Crippen LogP contribution in [0.2, 0.25) is 0 Å². The Bertz CT molecular complexity index is 735. The van der Waals surface area contributed by atoms with E-state index in [0.29, 0.717) is 16.4 Å². The molecule has 0 aliphatic carbocycles. The van der Waals surface area contributed by atoms with E-state index in [1.807, 2.05) is 24.3 Å². The molecule has 5 heteroatoms. The number of benzene rings is 2. The van der Waals surface area contributed by atoms with Gasteiger partial charge in [-0.1, -0.05) is 18.2 Å². The van der Waals surface area contributed by atoms with Gasteiger partial charge in [0.1, 0.15) is 0 Å². The van der Waals surface area contributed by atoms with Crippen LogP contribution in [0, 0.1) is 0 Å². The Labute approximate surface area is 111 Å². The lowest BCUT2D eigenvalue weighted by Gasteiger charge is -2.05. The lowest BCUT2D eigenvalue weighted by atomic mass is 10.1. The highest BCUT2D eigenvalue weighted by molar-refractivity contribution is 7.90. The Kier molecular flexibility index (Phi) is 2.71. The summed E-state index contributed by atoms with van der Waals surface area (Å²) in [5, 5.41) is 0. The summed E-state index contributed by atoms with van der Waals surface area (Å²) < 4.78 is 33.7. The van der Waals surface area contributed by atoms with Crippen molar-refractivity contribution in [3.8, 4) is 22.6 Å². The molecular weight excluding hydrogens is 264 g/mol. The highest BCUT2D eigenvalue weighted by Crippen LogP contribution is 2.36. The van der Waals surface area contributed by atoms with Gasteiger partial charge in [0.05, 0.1) is 4.90 Å². The van der Waals surface area contributed by atoms with Gasteiger partial charge in [-0.15, -0.1) is 0 Å². The van der Waals surface area contributed by atoms with Gasteiger partial charge in [0.25, 0.3) is 0 Å². The molecule has 4 nitrogen and oxygen atoms in total. The first kappa shape index (κ1) is 12.0. The van der Waals surface area contributed by atoms with Crippen LogP contribution in [-0.4, -0.2) is 21.5 Å². The van der Waals surface area contributed by atoms with Gasteiger partial charge in [-0.05, 0) is 35.4 Å². The zero-order valence-corrected chi connectivity index (χ0v) is 11.1. The maximum absolute atomic E-state index is 11.6. The van der Waals surface area contributed by atoms with E-state index in [9.17, 15) is 8.42 Å². The maximum atomic E-state index is 11.6. The first-order chi connectivity index (χ1) is 9.04. The fourth-order valence-corrected chi connectivity index (χ4v) is 2.65. The number of rotatable bonds is 2. The van der Waals surface area contributed by atoms with Crippen LogP contribution in [0.5, 0.6) is 11.5 Å². The molecule has 1 heterocycles. The molecule has 19 heavy (non-hydrogen) atoms. The van der Waals surface area contributed by atoms with Gasteiger partial charge in [-0.2, -0.15) is 0 Å². The number of hydrogen-bond donors (Lipinski definition) is 0. The molecular formula is C14H12O4S. The third-order valence-corrected chi connectivity index (χ3v) is 4.08. The lowest BCUT2D eigenvalue weighted by Crippen LogP contribution is -1.96. The number of hydrogen-bond acceptors (Lipinski definition) is 4. The van der Waals surface area contributed by atoms with Crippen LogP contribution in [-0.2, 0) is 9.84 Å². The molecule has 0 radical (unpaired) electrons. The van der Waals surface area contributed by atoms with E-state index in [2.05, 4.69) is 0 Å². The second-order valence-corrected chi connectivity index (χ2v) is 6.38. The molecule has 0 aromatic heterocycles. The summed E-state index contributed by atoms with van der Waals surface area (Å²) in [4.78, 5) is 0.308. The van der Waals surface area contributed by atoms with Gasteiger partial charge in [-0.25, -0.2) is 8.42 Å². The quantitative estimate of drug-likeness (QED) is 0.845. The molecule has 1 aliphatic heterocycles. The maximum Gasteiger partial charge on any atom is 0.231 e. The smallest absolute Gasteiger partial charge is 0.231 e. The monoisotopic (exact) mass is 276 g/mol. The number of ether oxygens (including phenoxy) is 2. The third kappa shape index (κ3) is 2.29. The Morgan fingerprint density at radius 3 is 2.47 bits per heavy atom. The molecule has 1 aliphatic rings. The Morgan fingerprint density at radius 2 is 1.68 bits per heavy atom. The molecule has 3 rings (SSSR count). The van der Waals surface area contributed by atoms with E-state index >= 15 is 0 Å². The van der Waals surface area contributed by atoms with E-state index in [0.717, 1.165) is 11.1 Å². The van der Waals surface area contributed by atoms with Gasteiger partial charge >= 0.3 is 0 Å². The average molecular weight is 276 g/mol. The Balaban J connectivity index is 2.08. The molecule has 2 aromatic carbocycles. The predicted molar refractivity (Wildman–Crippen MR) is 71.1 cm³/mol. The van der Waals surface area contributed by atoms with Gasteiger partial charge in [0.15, 0.2) is 21.3 Å². The molecule has 0 spiro atoms. The van der Waals surface area contributed by atoms with Crippen molar-refractivity contribution >= 4 is 9.84 Å². The molecule has 0 atom stereocenters. The van der Waals surface area contributed by atoms with E-state index in [4.69, 9.17) is 9.47 Å². The SMILES string of the molecule is CS(=O)(=O)c1cccc(-c2ccc3c(c2)OCO3)c1. The van der Waals surface area contributed by atoms with Crippen molar-refractivity contribution in [2.45, 2.75) is 4.90 Å².